The van der Waals surface area contributed by atoms with Gasteiger partial charge in [0.25, 0.3) is 5.56 Å². The summed E-state index contributed by atoms with van der Waals surface area (Å²) in [5.41, 5.74) is -0.175. The molecule has 1 aromatic rings. The van der Waals surface area contributed by atoms with E-state index in [-0.39, 0.29) is 24.2 Å². The van der Waals surface area contributed by atoms with Gasteiger partial charge in [0, 0.05) is 12.3 Å². The van der Waals surface area contributed by atoms with Gasteiger partial charge in [0.05, 0.1) is 0 Å². The van der Waals surface area contributed by atoms with Crippen LogP contribution in [0.4, 0.5) is 0 Å². The Bertz CT molecular complexity index is 418. The van der Waals surface area contributed by atoms with E-state index in [1.54, 1.807) is 18.3 Å². The second-order valence-electron chi connectivity index (χ2n) is 4.06. The van der Waals surface area contributed by atoms with Crippen LogP contribution < -0.4 is 5.56 Å². The lowest BCUT2D eigenvalue weighted by Crippen LogP contribution is -2.26. The van der Waals surface area contributed by atoms with Gasteiger partial charge in [-0.05, 0) is 31.7 Å². The van der Waals surface area contributed by atoms with Crippen molar-refractivity contribution in [1.29, 1.82) is 0 Å². The summed E-state index contributed by atoms with van der Waals surface area (Å²) in [6.45, 7) is 0.0101. The van der Waals surface area contributed by atoms with Crippen molar-refractivity contribution in [2.75, 3.05) is 0 Å². The maximum absolute atomic E-state index is 11.5. The zero-order valence-electron chi connectivity index (χ0n) is 9.09. The van der Waals surface area contributed by atoms with Gasteiger partial charge in [-0.25, -0.2) is 0 Å². The van der Waals surface area contributed by atoms with Crippen LogP contribution in [0.1, 0.15) is 25.7 Å². The van der Waals surface area contributed by atoms with Crippen molar-refractivity contribution in [3.05, 3.63) is 34.7 Å². The van der Waals surface area contributed by atoms with Crippen molar-refractivity contribution < 1.29 is 9.53 Å². The SMILES string of the molecule is O=C(Cn1ccccc1=O)OC1CCCC1. The molecule has 0 amide bonds. The molecule has 0 N–H and O–H groups in total. The monoisotopic (exact) mass is 221 g/mol. The quantitative estimate of drug-likeness (QED) is 0.723. The topological polar surface area (TPSA) is 48.3 Å². The number of carbonyl (C=O) groups excluding carboxylic acids is 1. The Morgan fingerprint density at radius 1 is 1.38 bits per heavy atom. The molecule has 0 aromatic carbocycles. The molecule has 0 unspecified atom stereocenters. The Morgan fingerprint density at radius 2 is 2.12 bits per heavy atom. The van der Waals surface area contributed by atoms with Crippen molar-refractivity contribution in [3.63, 3.8) is 0 Å². The molecule has 0 saturated heterocycles. The van der Waals surface area contributed by atoms with Crippen LogP contribution in [0.15, 0.2) is 29.2 Å². The fourth-order valence-corrected chi connectivity index (χ4v) is 1.96. The number of esters is 1. The largest absolute Gasteiger partial charge is 0.461 e. The smallest absolute Gasteiger partial charge is 0.326 e. The summed E-state index contributed by atoms with van der Waals surface area (Å²) in [5, 5.41) is 0. The molecular weight excluding hydrogens is 206 g/mol. The molecule has 86 valence electrons. The van der Waals surface area contributed by atoms with E-state index in [9.17, 15) is 9.59 Å². The molecule has 0 aliphatic heterocycles. The average molecular weight is 221 g/mol. The van der Waals surface area contributed by atoms with E-state index in [0.29, 0.717) is 0 Å². The standard InChI is InChI=1S/C12H15NO3/c14-11-7-3-4-8-13(11)9-12(15)16-10-5-1-2-6-10/h3-4,7-8,10H,1-2,5-6,9H2. The molecule has 16 heavy (non-hydrogen) atoms. The van der Waals surface area contributed by atoms with E-state index < -0.39 is 0 Å². The highest BCUT2D eigenvalue weighted by atomic mass is 16.5. The van der Waals surface area contributed by atoms with Crippen LogP contribution in [0.2, 0.25) is 0 Å². The highest BCUT2D eigenvalue weighted by molar-refractivity contribution is 5.69. The molecule has 2 rings (SSSR count). The van der Waals surface area contributed by atoms with Gasteiger partial charge < -0.3 is 9.30 Å². The normalized spacial score (nSPS) is 16.2. The number of rotatable bonds is 3. The van der Waals surface area contributed by atoms with Gasteiger partial charge in [-0.15, -0.1) is 0 Å². The minimum absolute atomic E-state index is 0.0101. The van der Waals surface area contributed by atoms with Crippen LogP contribution in [0.25, 0.3) is 0 Å². The van der Waals surface area contributed by atoms with Crippen LogP contribution in [0.3, 0.4) is 0 Å². The first-order valence-corrected chi connectivity index (χ1v) is 5.60. The van der Waals surface area contributed by atoms with E-state index in [1.165, 1.54) is 10.6 Å². The highest BCUT2D eigenvalue weighted by Gasteiger charge is 2.19. The third-order valence-electron chi connectivity index (χ3n) is 2.80. The molecule has 1 aliphatic carbocycles. The zero-order chi connectivity index (χ0) is 11.4. The maximum Gasteiger partial charge on any atom is 0.326 e. The highest BCUT2D eigenvalue weighted by Crippen LogP contribution is 2.20. The molecule has 1 aliphatic rings. The van der Waals surface area contributed by atoms with E-state index in [0.717, 1.165) is 25.7 Å². The van der Waals surface area contributed by atoms with Crippen LogP contribution in [-0.2, 0) is 16.1 Å². The first-order valence-electron chi connectivity index (χ1n) is 5.60. The molecular formula is C12H15NO3. The Labute approximate surface area is 93.8 Å². The van der Waals surface area contributed by atoms with Crippen molar-refractivity contribution in [2.45, 2.75) is 38.3 Å². The van der Waals surface area contributed by atoms with Gasteiger partial charge >= 0.3 is 5.97 Å². The number of nitrogens with zero attached hydrogens (tertiary/aromatic N) is 1. The molecule has 1 saturated carbocycles. The summed E-state index contributed by atoms with van der Waals surface area (Å²) in [5.74, 6) is -0.319. The fourth-order valence-electron chi connectivity index (χ4n) is 1.96. The second-order valence-corrected chi connectivity index (χ2v) is 4.06. The Kier molecular flexibility index (Phi) is 3.39. The first-order chi connectivity index (χ1) is 7.75. The van der Waals surface area contributed by atoms with E-state index >= 15 is 0 Å². The van der Waals surface area contributed by atoms with Gasteiger partial charge in [0.2, 0.25) is 0 Å². The number of ether oxygens (including phenoxy) is 1. The second kappa shape index (κ2) is 4.96. The number of hydrogen-bond acceptors (Lipinski definition) is 3. The van der Waals surface area contributed by atoms with Crippen molar-refractivity contribution in [1.82, 2.24) is 4.57 Å². The first kappa shape index (κ1) is 10.9. The molecule has 1 fully saturated rings. The third kappa shape index (κ3) is 2.72. The zero-order valence-corrected chi connectivity index (χ0v) is 9.09. The van der Waals surface area contributed by atoms with Crippen LogP contribution in [0.5, 0.6) is 0 Å². The minimum atomic E-state index is -0.319. The third-order valence-corrected chi connectivity index (χ3v) is 2.80. The molecule has 4 heteroatoms. The fraction of sp³-hybridized carbons (Fsp3) is 0.500. The number of hydrogen-bond donors (Lipinski definition) is 0. The van der Waals surface area contributed by atoms with Crippen LogP contribution >= 0.6 is 0 Å². The molecule has 0 atom stereocenters. The van der Waals surface area contributed by atoms with Gasteiger partial charge in [-0.1, -0.05) is 6.07 Å². The van der Waals surface area contributed by atoms with Crippen LogP contribution in [0, 0.1) is 0 Å². The van der Waals surface area contributed by atoms with E-state index in [4.69, 9.17) is 4.74 Å². The van der Waals surface area contributed by atoms with Gasteiger partial charge in [0.1, 0.15) is 12.6 Å². The summed E-state index contributed by atoms with van der Waals surface area (Å²) in [4.78, 5) is 22.9. The molecule has 0 spiro atoms. The molecule has 4 nitrogen and oxygen atoms in total. The van der Waals surface area contributed by atoms with Gasteiger partial charge in [-0.2, -0.15) is 0 Å². The maximum atomic E-state index is 11.5. The molecule has 0 bridgehead atoms. The predicted molar refractivity (Wildman–Crippen MR) is 59.1 cm³/mol. The Hall–Kier alpha value is -1.58. The lowest BCUT2D eigenvalue weighted by atomic mass is 10.3. The summed E-state index contributed by atoms with van der Waals surface area (Å²) >= 11 is 0. The summed E-state index contributed by atoms with van der Waals surface area (Å²) < 4.78 is 6.63. The van der Waals surface area contributed by atoms with Crippen LogP contribution in [-0.4, -0.2) is 16.6 Å². The average Bonchev–Trinajstić information content (AvgIpc) is 2.74. The molecule has 1 heterocycles. The summed E-state index contributed by atoms with van der Waals surface area (Å²) in [6.07, 6.45) is 5.82. The van der Waals surface area contributed by atoms with Crippen molar-refractivity contribution >= 4 is 5.97 Å². The Balaban J connectivity index is 1.92. The molecule has 0 radical (unpaired) electrons. The van der Waals surface area contributed by atoms with Crippen molar-refractivity contribution in [3.8, 4) is 0 Å². The number of pyridine rings is 1. The lowest BCUT2D eigenvalue weighted by Gasteiger charge is -2.11. The predicted octanol–water partition coefficient (Wildman–Crippen LogP) is 1.33. The molecule has 1 aromatic heterocycles. The number of aromatic nitrogens is 1. The van der Waals surface area contributed by atoms with Gasteiger partial charge in [-0.3, -0.25) is 9.59 Å². The number of carbonyl (C=O) groups is 1. The van der Waals surface area contributed by atoms with Crippen molar-refractivity contribution in [2.24, 2.45) is 0 Å². The summed E-state index contributed by atoms with van der Waals surface area (Å²) in [7, 11) is 0. The lowest BCUT2D eigenvalue weighted by molar-refractivity contribution is -0.149. The van der Waals surface area contributed by atoms with Gasteiger partial charge in [0.15, 0.2) is 0 Å². The van der Waals surface area contributed by atoms with E-state index in [1.807, 2.05) is 0 Å². The Morgan fingerprint density at radius 3 is 2.81 bits per heavy atom. The van der Waals surface area contributed by atoms with E-state index in [2.05, 4.69) is 0 Å². The summed E-state index contributed by atoms with van der Waals surface area (Å²) in [6, 6.07) is 4.81. The minimum Gasteiger partial charge on any atom is -0.461 e.